The van der Waals surface area contributed by atoms with E-state index in [4.69, 9.17) is 32.9 Å². The van der Waals surface area contributed by atoms with Gasteiger partial charge in [-0.3, -0.25) is 9.36 Å². The first kappa shape index (κ1) is 28.1. The molecule has 1 unspecified atom stereocenters. The number of hydrogen-bond donors (Lipinski definition) is 0. The summed E-state index contributed by atoms with van der Waals surface area (Å²) in [6, 6.07) is 29.9. The second-order valence-corrected chi connectivity index (χ2v) is 13.2. The maximum absolute atomic E-state index is 14.4. The third-order valence-corrected chi connectivity index (χ3v) is 10.3. The van der Waals surface area contributed by atoms with Crippen molar-refractivity contribution in [1.82, 2.24) is 9.13 Å². The van der Waals surface area contributed by atoms with Gasteiger partial charge in [0, 0.05) is 50.4 Å². The van der Waals surface area contributed by atoms with Crippen LogP contribution in [-0.2, 0) is 13.0 Å². The van der Waals surface area contributed by atoms with E-state index >= 15 is 0 Å². The minimum atomic E-state index is -0.309. The molecule has 3 heterocycles. The standard InChI is InChI=1S/C37H27Cl2N3O2S/c1-44-32-13-7-5-11-28(32)35-29-17-15-22-8-2-3-10-27(22)34(29)40-37-42(35)36(43)33(45-37)18-24-21-41(31-12-6-4-9-26(24)31)20-23-14-16-25(38)19-30(23)39/h2-14,16,18-19,21,35H,15,17,20H2,1H3. The molecule has 45 heavy (non-hydrogen) atoms. The summed E-state index contributed by atoms with van der Waals surface area (Å²) >= 11 is 14.1. The molecular formula is C37H27Cl2N3O2S. The molecule has 8 heteroatoms. The van der Waals surface area contributed by atoms with Crippen molar-refractivity contribution < 1.29 is 4.74 Å². The lowest BCUT2D eigenvalue weighted by molar-refractivity contribution is 0.402. The van der Waals surface area contributed by atoms with Crippen molar-refractivity contribution >= 4 is 57.2 Å². The topological polar surface area (TPSA) is 48.5 Å². The smallest absolute Gasteiger partial charge is 0.271 e. The lowest BCUT2D eigenvalue weighted by Gasteiger charge is -2.31. The molecule has 2 aromatic heterocycles. The molecule has 0 fully saturated rings. The Morgan fingerprint density at radius 3 is 2.64 bits per heavy atom. The van der Waals surface area contributed by atoms with Gasteiger partial charge in [0.15, 0.2) is 4.80 Å². The van der Waals surface area contributed by atoms with Crippen molar-refractivity contribution in [3.05, 3.63) is 160 Å². The van der Waals surface area contributed by atoms with E-state index in [1.807, 2.05) is 53.1 Å². The molecule has 222 valence electrons. The van der Waals surface area contributed by atoms with Crippen LogP contribution in [0.2, 0.25) is 10.0 Å². The zero-order valence-corrected chi connectivity index (χ0v) is 26.7. The number of para-hydroxylation sites is 2. The molecule has 1 aliphatic heterocycles. The van der Waals surface area contributed by atoms with Crippen molar-refractivity contribution in [3.8, 4) is 5.75 Å². The summed E-state index contributed by atoms with van der Waals surface area (Å²) in [5.74, 6) is 0.758. The average molecular weight is 649 g/mol. The largest absolute Gasteiger partial charge is 0.496 e. The number of aromatic nitrogens is 2. The fourth-order valence-electron chi connectivity index (χ4n) is 6.69. The van der Waals surface area contributed by atoms with E-state index in [1.165, 1.54) is 16.9 Å². The number of allylic oxidation sites excluding steroid dienone is 1. The molecule has 0 bridgehead atoms. The molecular weight excluding hydrogens is 621 g/mol. The summed E-state index contributed by atoms with van der Waals surface area (Å²) in [4.78, 5) is 20.3. The number of rotatable bonds is 5. The zero-order valence-electron chi connectivity index (χ0n) is 24.3. The molecule has 0 saturated carbocycles. The van der Waals surface area contributed by atoms with Gasteiger partial charge in [-0.15, -0.1) is 0 Å². The van der Waals surface area contributed by atoms with Gasteiger partial charge in [0.25, 0.3) is 5.56 Å². The predicted octanol–water partition coefficient (Wildman–Crippen LogP) is 7.64. The summed E-state index contributed by atoms with van der Waals surface area (Å²) in [6.45, 7) is 0.575. The average Bonchev–Trinajstić information content (AvgIpc) is 3.57. The van der Waals surface area contributed by atoms with Crippen LogP contribution in [0.4, 0.5) is 0 Å². The van der Waals surface area contributed by atoms with Gasteiger partial charge in [-0.05, 0) is 59.9 Å². The summed E-state index contributed by atoms with van der Waals surface area (Å²) in [5, 5.41) is 2.29. The van der Waals surface area contributed by atoms with Crippen LogP contribution in [-0.4, -0.2) is 16.2 Å². The number of fused-ring (bicyclic) bond motifs is 4. The third-order valence-electron chi connectivity index (χ3n) is 8.77. The Morgan fingerprint density at radius 2 is 1.78 bits per heavy atom. The summed E-state index contributed by atoms with van der Waals surface area (Å²) < 4.78 is 10.5. The normalized spacial score (nSPS) is 15.9. The van der Waals surface area contributed by atoms with Crippen LogP contribution in [0.1, 0.15) is 40.3 Å². The van der Waals surface area contributed by atoms with Crippen LogP contribution in [0.3, 0.4) is 0 Å². The highest BCUT2D eigenvalue weighted by Gasteiger charge is 2.34. The second kappa shape index (κ2) is 11.2. The van der Waals surface area contributed by atoms with Crippen LogP contribution in [0, 0.1) is 0 Å². The van der Waals surface area contributed by atoms with Gasteiger partial charge in [-0.25, -0.2) is 4.99 Å². The molecule has 0 spiro atoms. The Bertz CT molecular complexity index is 2370. The van der Waals surface area contributed by atoms with Crippen molar-refractivity contribution in [2.45, 2.75) is 25.4 Å². The molecule has 6 aromatic rings. The molecule has 8 rings (SSSR count). The number of halogens is 2. The van der Waals surface area contributed by atoms with Crippen molar-refractivity contribution in [2.75, 3.05) is 7.11 Å². The number of aryl methyl sites for hydroxylation is 1. The zero-order chi connectivity index (χ0) is 30.7. The maximum Gasteiger partial charge on any atom is 0.271 e. The van der Waals surface area contributed by atoms with Crippen molar-refractivity contribution in [3.63, 3.8) is 0 Å². The molecule has 5 nitrogen and oxygen atoms in total. The van der Waals surface area contributed by atoms with Crippen LogP contribution in [0.15, 0.2) is 113 Å². The molecule has 0 saturated heterocycles. The fourth-order valence-corrected chi connectivity index (χ4v) is 8.15. The van der Waals surface area contributed by atoms with Crippen molar-refractivity contribution in [2.24, 2.45) is 4.99 Å². The quantitative estimate of drug-likeness (QED) is 0.193. The molecule has 2 aliphatic rings. The van der Waals surface area contributed by atoms with Crippen molar-refractivity contribution in [1.29, 1.82) is 0 Å². The molecule has 1 aliphatic carbocycles. The third kappa shape index (κ3) is 4.76. The van der Waals surface area contributed by atoms with Crippen LogP contribution >= 0.6 is 34.5 Å². The lowest BCUT2D eigenvalue weighted by atomic mass is 9.83. The fraction of sp³-hybridized carbons (Fsp3) is 0.135. The monoisotopic (exact) mass is 647 g/mol. The Balaban J connectivity index is 1.33. The minimum Gasteiger partial charge on any atom is -0.496 e. The highest BCUT2D eigenvalue weighted by Crippen LogP contribution is 2.43. The molecule has 4 aromatic carbocycles. The first-order valence-corrected chi connectivity index (χ1v) is 16.3. The predicted molar refractivity (Wildman–Crippen MR) is 183 cm³/mol. The van der Waals surface area contributed by atoms with E-state index < -0.39 is 0 Å². The van der Waals surface area contributed by atoms with Gasteiger partial charge in [-0.1, -0.05) is 101 Å². The Kier molecular flexibility index (Phi) is 7.01. The van der Waals surface area contributed by atoms with Gasteiger partial charge in [0.2, 0.25) is 0 Å². The number of thiazole rings is 1. The van der Waals surface area contributed by atoms with E-state index in [9.17, 15) is 4.79 Å². The highest BCUT2D eigenvalue weighted by atomic mass is 35.5. The van der Waals surface area contributed by atoms with E-state index in [2.05, 4.69) is 53.2 Å². The second-order valence-electron chi connectivity index (χ2n) is 11.3. The SMILES string of the molecule is COc1ccccc1C1C2=C(N=c3sc(=Cc4cn(Cc5ccc(Cl)cc5Cl)c5ccccc45)c(=O)n31)c1ccccc1CC2. The van der Waals surface area contributed by atoms with Crippen LogP contribution in [0.5, 0.6) is 5.75 Å². The van der Waals surface area contributed by atoms with E-state index in [1.54, 1.807) is 13.2 Å². The number of hydrogen-bond acceptors (Lipinski definition) is 4. The molecule has 1 atom stereocenters. The first-order chi connectivity index (χ1) is 22.0. The van der Waals surface area contributed by atoms with Gasteiger partial charge in [0.1, 0.15) is 5.75 Å². The van der Waals surface area contributed by atoms with Gasteiger partial charge in [0.05, 0.1) is 23.4 Å². The first-order valence-electron chi connectivity index (χ1n) is 14.8. The number of methoxy groups -OCH3 is 1. The summed E-state index contributed by atoms with van der Waals surface area (Å²) in [6.07, 6.45) is 5.82. The van der Waals surface area contributed by atoms with E-state index in [0.29, 0.717) is 25.9 Å². The van der Waals surface area contributed by atoms with E-state index in [-0.39, 0.29) is 11.6 Å². The molecule has 0 N–H and O–H groups in total. The number of nitrogens with zero attached hydrogens (tertiary/aromatic N) is 3. The van der Waals surface area contributed by atoms with E-state index in [0.717, 1.165) is 63.0 Å². The Morgan fingerprint density at radius 1 is 0.978 bits per heavy atom. The van der Waals surface area contributed by atoms with Gasteiger partial charge < -0.3 is 9.30 Å². The Hall–Kier alpha value is -4.36. The minimum absolute atomic E-state index is 0.0577. The van der Waals surface area contributed by atoms with Gasteiger partial charge >= 0.3 is 0 Å². The number of benzene rings is 4. The highest BCUT2D eigenvalue weighted by molar-refractivity contribution is 7.07. The van der Waals surface area contributed by atoms with Crippen LogP contribution in [0.25, 0.3) is 22.7 Å². The molecule has 0 amide bonds. The molecule has 0 radical (unpaired) electrons. The Labute approximate surface area is 273 Å². The lowest BCUT2D eigenvalue weighted by Crippen LogP contribution is -2.38. The summed E-state index contributed by atoms with van der Waals surface area (Å²) in [7, 11) is 1.68. The van der Waals surface area contributed by atoms with Gasteiger partial charge in [-0.2, -0.15) is 0 Å². The maximum atomic E-state index is 14.4. The number of ether oxygens (including phenoxy) is 1. The summed E-state index contributed by atoms with van der Waals surface area (Å²) in [5.41, 5.74) is 8.43. The van der Waals surface area contributed by atoms with Crippen LogP contribution < -0.4 is 19.6 Å².